The van der Waals surface area contributed by atoms with E-state index in [0.29, 0.717) is 30.4 Å². The van der Waals surface area contributed by atoms with Gasteiger partial charge in [-0.1, -0.05) is 32.0 Å². The number of nitrogens with zero attached hydrogens (tertiary/aromatic N) is 3. The van der Waals surface area contributed by atoms with E-state index < -0.39 is 10.0 Å². The maximum Gasteiger partial charge on any atom is 0.243 e. The number of guanidine groups is 1. The molecule has 0 spiro atoms. The van der Waals surface area contributed by atoms with Crippen LogP contribution in [-0.4, -0.2) is 69.9 Å². The number of likely N-dealkylation sites (N-methyl/N-ethyl adjacent to an activating group) is 1. The van der Waals surface area contributed by atoms with Crippen LogP contribution in [0.4, 0.5) is 0 Å². The van der Waals surface area contributed by atoms with Crippen LogP contribution in [0.5, 0.6) is 0 Å². The Morgan fingerprint density at radius 1 is 1.14 bits per heavy atom. The summed E-state index contributed by atoms with van der Waals surface area (Å²) in [6, 6.07) is 7.19. The number of hydrogen-bond acceptors (Lipinski definition) is 4. The van der Waals surface area contributed by atoms with Crippen LogP contribution in [-0.2, 0) is 16.6 Å². The number of benzene rings is 1. The highest BCUT2D eigenvalue weighted by Gasteiger charge is 2.29. The quantitative estimate of drug-likeness (QED) is 0.303. The number of piperazine rings is 1. The molecule has 0 radical (unpaired) electrons. The molecule has 1 fully saturated rings. The molecule has 0 bridgehead atoms. The van der Waals surface area contributed by atoms with Gasteiger partial charge in [0.25, 0.3) is 0 Å². The van der Waals surface area contributed by atoms with Gasteiger partial charge in [0.2, 0.25) is 10.0 Å². The summed E-state index contributed by atoms with van der Waals surface area (Å²) in [6.45, 7) is 10.9. The molecule has 1 saturated heterocycles. The Hall–Kier alpha value is -0.910. The third-order valence-electron chi connectivity index (χ3n) is 4.82. The van der Waals surface area contributed by atoms with E-state index >= 15 is 0 Å². The third kappa shape index (κ3) is 8.03. The predicted molar refractivity (Wildman–Crippen MR) is 130 cm³/mol. The van der Waals surface area contributed by atoms with Crippen LogP contribution in [0.25, 0.3) is 0 Å². The summed E-state index contributed by atoms with van der Waals surface area (Å²) in [7, 11) is -1.49. The molecule has 166 valence electrons. The van der Waals surface area contributed by atoms with Crippen molar-refractivity contribution in [1.82, 2.24) is 19.8 Å². The summed E-state index contributed by atoms with van der Waals surface area (Å²) in [4.78, 5) is 7.12. The SMILES string of the molecule is CCNC(=NCc1ccccc1S(=O)(=O)N1CCN(C)CC1)NCCC(C)C.I. The van der Waals surface area contributed by atoms with Crippen molar-refractivity contribution in [3.8, 4) is 0 Å². The Balaban J connectivity index is 0.00000420. The highest BCUT2D eigenvalue weighted by molar-refractivity contribution is 14.0. The Bertz CT molecular complexity index is 747. The normalized spacial score (nSPS) is 16.5. The number of nitrogens with one attached hydrogen (secondary N) is 2. The summed E-state index contributed by atoms with van der Waals surface area (Å²) < 4.78 is 27.9. The first-order valence-electron chi connectivity index (χ1n) is 10.1. The highest BCUT2D eigenvalue weighted by Crippen LogP contribution is 2.22. The molecule has 0 saturated carbocycles. The van der Waals surface area contributed by atoms with Crippen molar-refractivity contribution in [2.75, 3.05) is 46.3 Å². The van der Waals surface area contributed by atoms with Gasteiger partial charge in [-0.25, -0.2) is 13.4 Å². The Morgan fingerprint density at radius 3 is 2.41 bits per heavy atom. The smallest absolute Gasteiger partial charge is 0.243 e. The monoisotopic (exact) mass is 537 g/mol. The second-order valence-corrected chi connectivity index (χ2v) is 9.53. The zero-order valence-corrected chi connectivity index (χ0v) is 21.2. The van der Waals surface area contributed by atoms with Gasteiger partial charge < -0.3 is 15.5 Å². The minimum Gasteiger partial charge on any atom is -0.357 e. The first-order chi connectivity index (χ1) is 13.3. The third-order valence-corrected chi connectivity index (χ3v) is 6.82. The van der Waals surface area contributed by atoms with Crippen LogP contribution in [0.2, 0.25) is 0 Å². The number of hydrogen-bond donors (Lipinski definition) is 2. The van der Waals surface area contributed by atoms with Crippen molar-refractivity contribution in [3.05, 3.63) is 29.8 Å². The lowest BCUT2D eigenvalue weighted by Crippen LogP contribution is -2.47. The Kier molecular flexibility index (Phi) is 11.4. The molecule has 0 unspecified atom stereocenters. The number of rotatable bonds is 8. The lowest BCUT2D eigenvalue weighted by Gasteiger charge is -2.32. The molecule has 1 aliphatic rings. The van der Waals surface area contributed by atoms with Crippen LogP contribution in [0.15, 0.2) is 34.2 Å². The minimum absolute atomic E-state index is 0. The largest absolute Gasteiger partial charge is 0.357 e. The molecule has 0 aliphatic carbocycles. The van der Waals surface area contributed by atoms with E-state index in [1.165, 1.54) is 0 Å². The average Bonchev–Trinajstić information content (AvgIpc) is 2.66. The topological polar surface area (TPSA) is 77.0 Å². The standard InChI is InChI=1S/C20H35N5O2S.HI/c1-5-21-20(22-11-10-17(2)3)23-16-18-8-6-7-9-19(18)28(26,27)25-14-12-24(4)13-15-25;/h6-9,17H,5,10-16H2,1-4H3,(H2,21,22,23);1H. The van der Waals surface area contributed by atoms with E-state index in [9.17, 15) is 8.42 Å². The summed E-state index contributed by atoms with van der Waals surface area (Å²) in [5.74, 6) is 1.33. The van der Waals surface area contributed by atoms with Crippen molar-refractivity contribution in [3.63, 3.8) is 0 Å². The second kappa shape index (κ2) is 12.7. The predicted octanol–water partition coefficient (Wildman–Crippen LogP) is 2.34. The lowest BCUT2D eigenvalue weighted by atomic mass is 10.1. The van der Waals surface area contributed by atoms with Gasteiger partial charge in [0, 0.05) is 39.3 Å². The molecule has 0 amide bonds. The van der Waals surface area contributed by atoms with Gasteiger partial charge in [0.05, 0.1) is 11.4 Å². The zero-order chi connectivity index (χ0) is 20.6. The molecule has 1 aromatic rings. The number of aliphatic imine (C=N–C) groups is 1. The van der Waals surface area contributed by atoms with Crippen LogP contribution < -0.4 is 10.6 Å². The molecule has 1 aliphatic heterocycles. The van der Waals surface area contributed by atoms with Crippen LogP contribution in [0.1, 0.15) is 32.8 Å². The molecule has 1 heterocycles. The zero-order valence-electron chi connectivity index (χ0n) is 18.0. The minimum atomic E-state index is -3.51. The van der Waals surface area contributed by atoms with E-state index in [-0.39, 0.29) is 24.0 Å². The van der Waals surface area contributed by atoms with Crippen molar-refractivity contribution in [1.29, 1.82) is 0 Å². The molecular formula is C20H36IN5O2S. The Labute approximate surface area is 193 Å². The van der Waals surface area contributed by atoms with Gasteiger partial charge in [-0.15, -0.1) is 24.0 Å². The lowest BCUT2D eigenvalue weighted by molar-refractivity contribution is 0.222. The molecule has 0 atom stereocenters. The van der Waals surface area contributed by atoms with Crippen molar-refractivity contribution < 1.29 is 8.42 Å². The van der Waals surface area contributed by atoms with Crippen molar-refractivity contribution in [2.45, 2.75) is 38.6 Å². The Morgan fingerprint density at radius 2 is 1.79 bits per heavy atom. The van der Waals surface area contributed by atoms with Gasteiger partial charge in [-0.2, -0.15) is 4.31 Å². The van der Waals surface area contributed by atoms with E-state index in [4.69, 9.17) is 0 Å². The van der Waals surface area contributed by atoms with Crippen LogP contribution >= 0.6 is 24.0 Å². The van der Waals surface area contributed by atoms with Gasteiger partial charge in [0.1, 0.15) is 0 Å². The molecule has 2 N–H and O–H groups in total. The number of halogens is 1. The van der Waals surface area contributed by atoms with Gasteiger partial charge in [-0.3, -0.25) is 0 Å². The van der Waals surface area contributed by atoms with Gasteiger partial charge in [0.15, 0.2) is 5.96 Å². The molecule has 1 aromatic carbocycles. The molecule has 7 nitrogen and oxygen atoms in total. The van der Waals surface area contributed by atoms with Gasteiger partial charge in [-0.05, 0) is 37.9 Å². The van der Waals surface area contributed by atoms with Crippen molar-refractivity contribution >= 4 is 40.0 Å². The average molecular weight is 538 g/mol. The van der Waals surface area contributed by atoms with Crippen LogP contribution in [0, 0.1) is 5.92 Å². The first-order valence-corrected chi connectivity index (χ1v) is 11.6. The first kappa shape index (κ1) is 26.1. The molecular weight excluding hydrogens is 501 g/mol. The van der Waals surface area contributed by atoms with Gasteiger partial charge >= 0.3 is 0 Å². The van der Waals surface area contributed by atoms with E-state index in [0.717, 1.165) is 44.1 Å². The number of sulfonamides is 1. The maximum atomic E-state index is 13.2. The highest BCUT2D eigenvalue weighted by atomic mass is 127. The fraction of sp³-hybridized carbons (Fsp3) is 0.650. The van der Waals surface area contributed by atoms with E-state index in [1.807, 2.05) is 26.1 Å². The second-order valence-electron chi connectivity index (χ2n) is 7.62. The summed E-state index contributed by atoms with van der Waals surface area (Å²) in [5.41, 5.74) is 0.725. The fourth-order valence-corrected chi connectivity index (χ4v) is 4.68. The van der Waals surface area contributed by atoms with Crippen LogP contribution in [0.3, 0.4) is 0 Å². The van der Waals surface area contributed by atoms with E-state index in [2.05, 4.69) is 34.4 Å². The fourth-order valence-electron chi connectivity index (χ4n) is 3.04. The maximum absolute atomic E-state index is 13.2. The summed E-state index contributed by atoms with van der Waals surface area (Å²) >= 11 is 0. The molecule has 0 aromatic heterocycles. The molecule has 2 rings (SSSR count). The molecule has 29 heavy (non-hydrogen) atoms. The summed E-state index contributed by atoms with van der Waals surface area (Å²) in [5, 5.41) is 6.55. The van der Waals surface area contributed by atoms with E-state index in [1.54, 1.807) is 16.4 Å². The summed E-state index contributed by atoms with van der Waals surface area (Å²) in [6.07, 6.45) is 1.05. The van der Waals surface area contributed by atoms with Crippen molar-refractivity contribution in [2.24, 2.45) is 10.9 Å². The molecule has 9 heteroatoms.